The number of hydrogen-bond acceptors (Lipinski definition) is 4. The van der Waals surface area contributed by atoms with Crippen LogP contribution in [0, 0.1) is 5.92 Å². The number of nitrogens with one attached hydrogen (secondary N) is 1. The zero-order chi connectivity index (χ0) is 15.1. The maximum atomic E-state index is 11.8. The Morgan fingerprint density at radius 1 is 1.60 bits per heavy atom. The molecule has 1 unspecified atom stereocenters. The molecule has 20 heavy (non-hydrogen) atoms. The monoisotopic (exact) mass is 343 g/mol. The van der Waals surface area contributed by atoms with Crippen molar-refractivity contribution >= 4 is 33.4 Å². The van der Waals surface area contributed by atoms with Crippen molar-refractivity contribution < 1.29 is 14.7 Å². The van der Waals surface area contributed by atoms with E-state index >= 15 is 0 Å². The molecular formula is C13H18BrN3O3. The molecule has 0 bridgehead atoms. The Morgan fingerprint density at radius 2 is 2.30 bits per heavy atom. The van der Waals surface area contributed by atoms with Crippen molar-refractivity contribution in [3.8, 4) is 0 Å². The molecule has 0 fully saturated rings. The van der Waals surface area contributed by atoms with E-state index in [0.717, 1.165) is 0 Å². The smallest absolute Gasteiger partial charge is 0.224 e. The third-order valence-corrected chi connectivity index (χ3v) is 3.29. The molecule has 0 aliphatic heterocycles. The van der Waals surface area contributed by atoms with Crippen molar-refractivity contribution in [2.75, 3.05) is 19.0 Å². The van der Waals surface area contributed by atoms with Gasteiger partial charge in [0.2, 0.25) is 5.91 Å². The highest BCUT2D eigenvalue weighted by molar-refractivity contribution is 9.10. The lowest BCUT2D eigenvalue weighted by Gasteiger charge is -2.12. The summed E-state index contributed by atoms with van der Waals surface area (Å²) in [6.07, 6.45) is 0.377. The summed E-state index contributed by atoms with van der Waals surface area (Å²) in [5.74, 6) is 0.0688. The van der Waals surface area contributed by atoms with Gasteiger partial charge in [-0.1, -0.05) is 12.1 Å². The van der Waals surface area contributed by atoms with Crippen LogP contribution in [0.25, 0.3) is 0 Å². The second-order valence-electron chi connectivity index (χ2n) is 4.49. The zero-order valence-electron chi connectivity index (χ0n) is 11.4. The van der Waals surface area contributed by atoms with E-state index in [4.69, 9.17) is 15.7 Å². The first-order chi connectivity index (χ1) is 9.47. The van der Waals surface area contributed by atoms with Gasteiger partial charge in [-0.3, -0.25) is 4.79 Å². The van der Waals surface area contributed by atoms with Crippen LogP contribution in [-0.2, 0) is 9.53 Å². The van der Waals surface area contributed by atoms with Crippen LogP contribution in [0.3, 0.4) is 0 Å². The summed E-state index contributed by atoms with van der Waals surface area (Å²) >= 11 is 3.34. The third-order valence-electron chi connectivity index (χ3n) is 2.63. The Kier molecular flexibility index (Phi) is 6.47. The number of carbonyl (C=O) groups excluding carboxylic acids is 1. The number of hydrogen-bond donors (Lipinski definition) is 3. The van der Waals surface area contributed by atoms with Gasteiger partial charge in [0.05, 0.1) is 5.69 Å². The number of carbonyl (C=O) groups is 1. The summed E-state index contributed by atoms with van der Waals surface area (Å²) in [5.41, 5.74) is 6.69. The number of benzene rings is 1. The average Bonchev–Trinajstić information content (AvgIpc) is 2.40. The molecule has 7 heteroatoms. The van der Waals surface area contributed by atoms with Gasteiger partial charge in [0, 0.05) is 30.2 Å². The predicted molar refractivity (Wildman–Crippen MR) is 80.9 cm³/mol. The molecule has 0 saturated heterocycles. The van der Waals surface area contributed by atoms with E-state index in [-0.39, 0.29) is 17.7 Å². The number of nitrogens with two attached hydrogens (primary N) is 1. The van der Waals surface area contributed by atoms with Gasteiger partial charge in [0.25, 0.3) is 0 Å². The van der Waals surface area contributed by atoms with E-state index in [0.29, 0.717) is 28.8 Å². The van der Waals surface area contributed by atoms with E-state index in [1.165, 1.54) is 0 Å². The Balaban J connectivity index is 2.71. The van der Waals surface area contributed by atoms with Gasteiger partial charge >= 0.3 is 0 Å². The summed E-state index contributed by atoms with van der Waals surface area (Å²) in [7, 11) is 1.61. The third kappa shape index (κ3) is 4.82. The Hall–Kier alpha value is -1.60. The molecule has 0 spiro atoms. The summed E-state index contributed by atoms with van der Waals surface area (Å²) in [5, 5.41) is 14.3. The standard InChI is InChI=1S/C13H18BrN3O3/c1-8(7-20-2)5-12(18)16-11-4-3-9(6-10(11)14)13(15)17-19/h3-4,6,8,19H,5,7H2,1-2H3,(H2,15,17)(H,16,18). The average molecular weight is 344 g/mol. The van der Waals surface area contributed by atoms with Crippen LogP contribution < -0.4 is 11.1 Å². The van der Waals surface area contributed by atoms with E-state index < -0.39 is 0 Å². The number of oxime groups is 1. The SMILES string of the molecule is COCC(C)CC(=O)Nc1ccc(/C(N)=N/O)cc1Br. The van der Waals surface area contributed by atoms with E-state index in [2.05, 4.69) is 26.4 Å². The fourth-order valence-corrected chi connectivity index (χ4v) is 2.17. The van der Waals surface area contributed by atoms with E-state index in [9.17, 15) is 4.79 Å². The minimum Gasteiger partial charge on any atom is -0.409 e. The first-order valence-electron chi connectivity index (χ1n) is 6.04. The summed E-state index contributed by atoms with van der Waals surface area (Å²) in [4.78, 5) is 11.8. The Bertz CT molecular complexity index is 506. The Morgan fingerprint density at radius 3 is 2.85 bits per heavy atom. The molecule has 6 nitrogen and oxygen atoms in total. The lowest BCUT2D eigenvalue weighted by molar-refractivity contribution is -0.117. The van der Waals surface area contributed by atoms with Crippen LogP contribution in [-0.4, -0.2) is 30.7 Å². The number of amides is 1. The highest BCUT2D eigenvalue weighted by Gasteiger charge is 2.11. The molecule has 1 aromatic rings. The molecule has 1 amide bonds. The zero-order valence-corrected chi connectivity index (χ0v) is 13.0. The van der Waals surface area contributed by atoms with Gasteiger partial charge in [-0.05, 0) is 40.0 Å². The van der Waals surface area contributed by atoms with Crippen molar-refractivity contribution in [1.82, 2.24) is 0 Å². The fourth-order valence-electron chi connectivity index (χ4n) is 1.69. The molecular weight excluding hydrogens is 326 g/mol. The first-order valence-corrected chi connectivity index (χ1v) is 6.83. The van der Waals surface area contributed by atoms with Crippen LogP contribution in [0.2, 0.25) is 0 Å². The van der Waals surface area contributed by atoms with Crippen LogP contribution in [0.15, 0.2) is 27.8 Å². The molecule has 1 aromatic carbocycles. The molecule has 110 valence electrons. The molecule has 0 aliphatic carbocycles. The maximum absolute atomic E-state index is 11.8. The van der Waals surface area contributed by atoms with Gasteiger partial charge in [0.1, 0.15) is 0 Å². The number of amidine groups is 1. The normalized spacial score (nSPS) is 13.1. The number of rotatable bonds is 6. The number of methoxy groups -OCH3 is 1. The fraction of sp³-hybridized carbons (Fsp3) is 0.385. The lowest BCUT2D eigenvalue weighted by atomic mass is 10.1. The van der Waals surface area contributed by atoms with Gasteiger partial charge in [-0.25, -0.2) is 0 Å². The largest absolute Gasteiger partial charge is 0.409 e. The molecule has 0 saturated carbocycles. The molecule has 1 rings (SSSR count). The van der Waals surface area contributed by atoms with E-state index in [1.807, 2.05) is 6.92 Å². The number of halogens is 1. The molecule has 0 radical (unpaired) electrons. The lowest BCUT2D eigenvalue weighted by Crippen LogP contribution is -2.18. The molecule has 0 heterocycles. The van der Waals surface area contributed by atoms with Gasteiger partial charge in [-0.2, -0.15) is 0 Å². The quantitative estimate of drug-likeness (QED) is 0.319. The van der Waals surface area contributed by atoms with Crippen molar-refractivity contribution in [3.63, 3.8) is 0 Å². The molecule has 0 aromatic heterocycles. The van der Waals surface area contributed by atoms with Crippen molar-refractivity contribution in [2.24, 2.45) is 16.8 Å². The molecule has 0 aliphatic rings. The van der Waals surface area contributed by atoms with Crippen molar-refractivity contribution in [2.45, 2.75) is 13.3 Å². The van der Waals surface area contributed by atoms with Gasteiger partial charge < -0.3 is 21.0 Å². The maximum Gasteiger partial charge on any atom is 0.224 e. The number of ether oxygens (including phenoxy) is 1. The van der Waals surface area contributed by atoms with Crippen LogP contribution in [0.5, 0.6) is 0 Å². The molecule has 4 N–H and O–H groups in total. The minimum absolute atomic E-state index is 0.0114. The summed E-state index contributed by atoms with van der Waals surface area (Å²) in [6, 6.07) is 5.02. The number of anilines is 1. The highest BCUT2D eigenvalue weighted by Crippen LogP contribution is 2.24. The summed E-state index contributed by atoms with van der Waals surface area (Å²) in [6.45, 7) is 2.48. The molecule has 1 atom stereocenters. The van der Waals surface area contributed by atoms with Crippen LogP contribution in [0.4, 0.5) is 5.69 Å². The van der Waals surface area contributed by atoms with Crippen molar-refractivity contribution in [3.05, 3.63) is 28.2 Å². The second kappa shape index (κ2) is 7.86. The second-order valence-corrected chi connectivity index (χ2v) is 5.35. The minimum atomic E-state index is -0.0909. The van der Waals surface area contributed by atoms with Gasteiger partial charge in [0.15, 0.2) is 5.84 Å². The van der Waals surface area contributed by atoms with Crippen molar-refractivity contribution in [1.29, 1.82) is 0 Å². The topological polar surface area (TPSA) is 96.9 Å². The predicted octanol–water partition coefficient (Wildman–Crippen LogP) is 2.15. The first kappa shape index (κ1) is 16.5. The highest BCUT2D eigenvalue weighted by atomic mass is 79.9. The van der Waals surface area contributed by atoms with E-state index in [1.54, 1.807) is 25.3 Å². The van der Waals surface area contributed by atoms with Crippen LogP contribution >= 0.6 is 15.9 Å². The van der Waals surface area contributed by atoms with Crippen LogP contribution in [0.1, 0.15) is 18.9 Å². The van der Waals surface area contributed by atoms with Gasteiger partial charge in [-0.15, -0.1) is 0 Å². The summed E-state index contributed by atoms with van der Waals surface area (Å²) < 4.78 is 5.65. The number of nitrogens with zero attached hydrogens (tertiary/aromatic N) is 1. The Labute approximate surface area is 126 Å².